The Balaban J connectivity index is 2.50. The van der Waals surface area contributed by atoms with Crippen LogP contribution in [0.3, 0.4) is 0 Å². The highest BCUT2D eigenvalue weighted by atomic mass is 16.6. The molecule has 6 heteroatoms. The molecule has 1 rings (SSSR count). The van der Waals surface area contributed by atoms with Crippen molar-refractivity contribution in [2.45, 2.75) is 50.4 Å². The van der Waals surface area contributed by atoms with Gasteiger partial charge < -0.3 is 25.2 Å². The van der Waals surface area contributed by atoms with E-state index < -0.39 is 37.3 Å². The Labute approximate surface area is 94.9 Å². The first-order valence-electron chi connectivity index (χ1n) is 5.65. The molecule has 96 valence electrons. The van der Waals surface area contributed by atoms with Crippen LogP contribution in [0.4, 0.5) is 0 Å². The molecule has 0 aliphatic carbocycles. The number of nitrogens with one attached hydrogen (secondary N) is 1. The summed E-state index contributed by atoms with van der Waals surface area (Å²) in [5.41, 5.74) is 0. The van der Waals surface area contributed by atoms with Crippen LogP contribution in [0.25, 0.3) is 0 Å². The van der Waals surface area contributed by atoms with Crippen LogP contribution in [-0.4, -0.2) is 64.2 Å². The lowest BCUT2D eigenvalue weighted by Crippen LogP contribution is -2.62. The molecule has 5 atom stereocenters. The van der Waals surface area contributed by atoms with Gasteiger partial charge in [0, 0.05) is 0 Å². The molecular weight excluding hydrogens is 214 g/mol. The molecule has 0 unspecified atom stereocenters. The average Bonchev–Trinajstić information content (AvgIpc) is 2.29. The van der Waals surface area contributed by atoms with Crippen molar-refractivity contribution in [3.05, 3.63) is 0 Å². The SMILES string of the molecule is CCCCN[C@@H]1O[C@H](CO)[C@H](O)[C@H](O)[C@H]1O. The summed E-state index contributed by atoms with van der Waals surface area (Å²) < 4.78 is 5.26. The van der Waals surface area contributed by atoms with Crippen molar-refractivity contribution in [1.29, 1.82) is 0 Å². The zero-order valence-corrected chi connectivity index (χ0v) is 9.41. The van der Waals surface area contributed by atoms with Crippen LogP contribution < -0.4 is 5.32 Å². The van der Waals surface area contributed by atoms with Crippen molar-refractivity contribution in [1.82, 2.24) is 5.32 Å². The van der Waals surface area contributed by atoms with Crippen LogP contribution in [0, 0.1) is 0 Å². The minimum Gasteiger partial charge on any atom is -0.394 e. The Morgan fingerprint density at radius 3 is 2.38 bits per heavy atom. The monoisotopic (exact) mass is 235 g/mol. The van der Waals surface area contributed by atoms with Gasteiger partial charge in [0.15, 0.2) is 0 Å². The quantitative estimate of drug-likeness (QED) is 0.359. The van der Waals surface area contributed by atoms with E-state index in [1.807, 2.05) is 6.92 Å². The molecule has 16 heavy (non-hydrogen) atoms. The lowest BCUT2D eigenvalue weighted by molar-refractivity contribution is -0.236. The number of ether oxygens (including phenoxy) is 1. The molecule has 1 saturated heterocycles. The predicted octanol–water partition coefficient (Wildman–Crippen LogP) is -1.82. The second kappa shape index (κ2) is 6.48. The summed E-state index contributed by atoms with van der Waals surface area (Å²) in [6, 6.07) is 0. The van der Waals surface area contributed by atoms with Crippen molar-refractivity contribution in [2.75, 3.05) is 13.2 Å². The fourth-order valence-corrected chi connectivity index (χ4v) is 1.69. The Bertz CT molecular complexity index is 202. The summed E-state index contributed by atoms with van der Waals surface area (Å²) in [7, 11) is 0. The van der Waals surface area contributed by atoms with Gasteiger partial charge in [-0.1, -0.05) is 13.3 Å². The van der Waals surface area contributed by atoms with E-state index in [0.717, 1.165) is 12.8 Å². The van der Waals surface area contributed by atoms with Gasteiger partial charge in [-0.2, -0.15) is 0 Å². The Kier molecular flexibility index (Phi) is 5.60. The van der Waals surface area contributed by atoms with Crippen molar-refractivity contribution >= 4 is 0 Å². The number of hydrogen-bond donors (Lipinski definition) is 5. The number of rotatable bonds is 5. The number of aliphatic hydroxyl groups excluding tert-OH is 4. The molecule has 0 aromatic carbocycles. The zero-order valence-electron chi connectivity index (χ0n) is 9.41. The van der Waals surface area contributed by atoms with E-state index >= 15 is 0 Å². The Morgan fingerprint density at radius 1 is 1.12 bits per heavy atom. The topological polar surface area (TPSA) is 102 Å². The second-order valence-corrected chi connectivity index (χ2v) is 4.06. The first-order chi connectivity index (χ1) is 7.61. The van der Waals surface area contributed by atoms with E-state index in [-0.39, 0.29) is 0 Å². The lowest BCUT2D eigenvalue weighted by atomic mass is 9.98. The van der Waals surface area contributed by atoms with Gasteiger partial charge >= 0.3 is 0 Å². The molecule has 6 nitrogen and oxygen atoms in total. The molecule has 1 heterocycles. The van der Waals surface area contributed by atoms with Crippen molar-refractivity contribution in [2.24, 2.45) is 0 Å². The minimum absolute atomic E-state index is 0.392. The molecule has 0 aromatic rings. The summed E-state index contributed by atoms with van der Waals surface area (Å²) in [6.45, 7) is 2.30. The zero-order chi connectivity index (χ0) is 12.1. The molecule has 0 saturated carbocycles. The molecule has 5 N–H and O–H groups in total. The first kappa shape index (κ1) is 13.8. The van der Waals surface area contributed by atoms with Crippen molar-refractivity contribution < 1.29 is 25.2 Å². The molecule has 0 amide bonds. The molecule has 0 spiro atoms. The first-order valence-corrected chi connectivity index (χ1v) is 5.65. The van der Waals surface area contributed by atoms with Gasteiger partial charge in [0.25, 0.3) is 0 Å². The fourth-order valence-electron chi connectivity index (χ4n) is 1.69. The normalized spacial score (nSPS) is 39.9. The van der Waals surface area contributed by atoms with Gasteiger partial charge in [-0.3, -0.25) is 5.32 Å². The van der Waals surface area contributed by atoms with Crippen molar-refractivity contribution in [3.63, 3.8) is 0 Å². The molecule has 0 aromatic heterocycles. The maximum absolute atomic E-state index is 9.64. The van der Waals surface area contributed by atoms with Gasteiger partial charge in [0.05, 0.1) is 6.61 Å². The second-order valence-electron chi connectivity index (χ2n) is 4.06. The molecular formula is C10H21NO5. The fraction of sp³-hybridized carbons (Fsp3) is 1.00. The Hall–Kier alpha value is -0.240. The van der Waals surface area contributed by atoms with E-state index in [4.69, 9.17) is 9.84 Å². The minimum atomic E-state index is -1.30. The highest BCUT2D eigenvalue weighted by molar-refractivity contribution is 4.90. The van der Waals surface area contributed by atoms with E-state index in [1.165, 1.54) is 0 Å². The number of unbranched alkanes of at least 4 members (excludes halogenated alkanes) is 1. The summed E-state index contributed by atoms with van der Waals surface area (Å²) in [5, 5.41) is 40.5. The Morgan fingerprint density at radius 2 is 1.81 bits per heavy atom. The summed E-state index contributed by atoms with van der Waals surface area (Å²) >= 11 is 0. The highest BCUT2D eigenvalue weighted by Crippen LogP contribution is 2.19. The van der Waals surface area contributed by atoms with Gasteiger partial charge in [0.2, 0.25) is 0 Å². The van der Waals surface area contributed by atoms with Gasteiger partial charge in [-0.15, -0.1) is 0 Å². The highest BCUT2D eigenvalue weighted by Gasteiger charge is 2.42. The van der Waals surface area contributed by atoms with E-state index in [9.17, 15) is 15.3 Å². The smallest absolute Gasteiger partial charge is 0.137 e. The maximum atomic E-state index is 9.64. The van der Waals surface area contributed by atoms with Gasteiger partial charge in [-0.05, 0) is 13.0 Å². The lowest BCUT2D eigenvalue weighted by Gasteiger charge is -2.40. The molecule has 0 bridgehead atoms. The van der Waals surface area contributed by atoms with Gasteiger partial charge in [0.1, 0.15) is 30.6 Å². The molecule has 0 radical (unpaired) electrons. The van der Waals surface area contributed by atoms with Crippen LogP contribution in [-0.2, 0) is 4.74 Å². The van der Waals surface area contributed by atoms with E-state index in [0.29, 0.717) is 6.54 Å². The number of hydrogen-bond acceptors (Lipinski definition) is 6. The summed E-state index contributed by atoms with van der Waals surface area (Å²) in [6.07, 6.45) is -3.43. The van der Waals surface area contributed by atoms with Crippen molar-refractivity contribution in [3.8, 4) is 0 Å². The molecule has 1 aliphatic rings. The number of aliphatic hydroxyl groups is 4. The summed E-state index contributed by atoms with van der Waals surface area (Å²) in [4.78, 5) is 0. The van der Waals surface area contributed by atoms with E-state index in [2.05, 4.69) is 5.32 Å². The predicted molar refractivity (Wildman–Crippen MR) is 56.7 cm³/mol. The standard InChI is InChI=1S/C10H21NO5/c1-2-3-4-11-10-9(15)8(14)7(13)6(5-12)16-10/h6-15H,2-5H2,1H3/t6-,7+,8+,9-,10-/m1/s1. The van der Waals surface area contributed by atoms with Crippen LogP contribution in [0.15, 0.2) is 0 Å². The van der Waals surface area contributed by atoms with Crippen LogP contribution >= 0.6 is 0 Å². The average molecular weight is 235 g/mol. The summed E-state index contributed by atoms with van der Waals surface area (Å²) in [5.74, 6) is 0. The third-order valence-electron chi connectivity index (χ3n) is 2.77. The third kappa shape index (κ3) is 3.13. The largest absolute Gasteiger partial charge is 0.394 e. The third-order valence-corrected chi connectivity index (χ3v) is 2.77. The van der Waals surface area contributed by atoms with Crippen LogP contribution in [0.5, 0.6) is 0 Å². The molecule has 1 aliphatic heterocycles. The van der Waals surface area contributed by atoms with E-state index in [1.54, 1.807) is 0 Å². The van der Waals surface area contributed by atoms with Gasteiger partial charge in [-0.25, -0.2) is 0 Å². The van der Waals surface area contributed by atoms with Crippen LogP contribution in [0.1, 0.15) is 19.8 Å². The maximum Gasteiger partial charge on any atom is 0.137 e. The molecule has 1 fully saturated rings. The van der Waals surface area contributed by atoms with Crippen LogP contribution in [0.2, 0.25) is 0 Å².